The number of ether oxygens (including phenoxy) is 1. The van der Waals surface area contributed by atoms with Gasteiger partial charge in [0, 0.05) is 25.3 Å². The van der Waals surface area contributed by atoms with Crippen molar-refractivity contribution >= 4 is 27.3 Å². The summed E-state index contributed by atoms with van der Waals surface area (Å²) in [4.78, 5) is 11.8. The van der Waals surface area contributed by atoms with Crippen LogP contribution in [-0.4, -0.2) is 22.9 Å². The zero-order valence-electron chi connectivity index (χ0n) is 11.0. The van der Waals surface area contributed by atoms with E-state index in [0.717, 1.165) is 5.69 Å². The van der Waals surface area contributed by atoms with Gasteiger partial charge in [-0.1, -0.05) is 6.07 Å². The Labute approximate surface area is 124 Å². The monoisotopic (exact) mass is 338 g/mol. The van der Waals surface area contributed by atoms with E-state index in [2.05, 4.69) is 26.3 Å². The molecule has 0 radical (unpaired) electrons. The molecule has 20 heavy (non-hydrogen) atoms. The van der Waals surface area contributed by atoms with Crippen molar-refractivity contribution in [3.05, 3.63) is 45.3 Å². The molecule has 2 aromatic rings. The average molecular weight is 339 g/mol. The van der Waals surface area contributed by atoms with Crippen LogP contribution in [0.1, 0.15) is 0 Å². The summed E-state index contributed by atoms with van der Waals surface area (Å²) in [5, 5.41) is 7.09. The van der Waals surface area contributed by atoms with E-state index in [1.165, 1.54) is 4.68 Å². The first-order chi connectivity index (χ1) is 9.61. The lowest BCUT2D eigenvalue weighted by Gasteiger charge is -2.10. The van der Waals surface area contributed by atoms with Crippen LogP contribution in [0.5, 0.6) is 5.75 Å². The van der Waals surface area contributed by atoms with Crippen LogP contribution < -0.4 is 21.3 Å². The summed E-state index contributed by atoms with van der Waals surface area (Å²) in [6.45, 7) is 0.919. The third-order valence-electron chi connectivity index (χ3n) is 2.58. The van der Waals surface area contributed by atoms with E-state index in [1.807, 2.05) is 24.3 Å². The first kappa shape index (κ1) is 14.5. The Bertz CT molecular complexity index is 657. The molecule has 0 saturated heterocycles. The fourth-order valence-corrected chi connectivity index (χ4v) is 2.05. The van der Waals surface area contributed by atoms with Crippen LogP contribution >= 0.6 is 15.9 Å². The highest BCUT2D eigenvalue weighted by Gasteiger charge is 2.07. The lowest BCUT2D eigenvalue weighted by Crippen LogP contribution is -2.20. The number of hydrogen-bond acceptors (Lipinski definition) is 5. The van der Waals surface area contributed by atoms with E-state index in [-0.39, 0.29) is 5.56 Å². The predicted molar refractivity (Wildman–Crippen MR) is 81.5 cm³/mol. The molecule has 6 nitrogen and oxygen atoms in total. The molecule has 0 unspecified atom stereocenters. The number of anilines is 2. The summed E-state index contributed by atoms with van der Waals surface area (Å²) in [6.07, 6.45) is 1.58. The average Bonchev–Trinajstić information content (AvgIpc) is 2.46. The first-order valence-electron chi connectivity index (χ1n) is 6.03. The Hall–Kier alpha value is -1.86. The third kappa shape index (κ3) is 3.37. The van der Waals surface area contributed by atoms with E-state index < -0.39 is 0 Å². The van der Waals surface area contributed by atoms with Gasteiger partial charge in [0.25, 0.3) is 5.56 Å². The summed E-state index contributed by atoms with van der Waals surface area (Å²) in [6, 6.07) is 7.41. The molecule has 0 spiro atoms. The molecule has 3 N–H and O–H groups in total. The highest BCUT2D eigenvalue weighted by molar-refractivity contribution is 9.10. The second kappa shape index (κ2) is 6.53. The SMILES string of the molecule is Cn1ncc(Nc2cccc(OCCN)c2)c(Br)c1=O. The van der Waals surface area contributed by atoms with E-state index in [4.69, 9.17) is 10.5 Å². The normalized spacial score (nSPS) is 10.3. The van der Waals surface area contributed by atoms with Crippen molar-refractivity contribution < 1.29 is 4.74 Å². The molecule has 1 aromatic heterocycles. The van der Waals surface area contributed by atoms with Gasteiger partial charge in [-0.25, -0.2) is 4.68 Å². The number of nitrogens with one attached hydrogen (secondary N) is 1. The van der Waals surface area contributed by atoms with Gasteiger partial charge in [0.1, 0.15) is 16.8 Å². The van der Waals surface area contributed by atoms with E-state index in [0.29, 0.717) is 29.1 Å². The molecule has 0 aliphatic heterocycles. The summed E-state index contributed by atoms with van der Waals surface area (Å²) >= 11 is 3.27. The highest BCUT2D eigenvalue weighted by atomic mass is 79.9. The van der Waals surface area contributed by atoms with Crippen LogP contribution in [0.25, 0.3) is 0 Å². The lowest BCUT2D eigenvalue weighted by molar-refractivity contribution is 0.328. The molecule has 106 valence electrons. The van der Waals surface area contributed by atoms with Gasteiger partial charge in [0.05, 0.1) is 11.9 Å². The van der Waals surface area contributed by atoms with Crippen LogP contribution in [-0.2, 0) is 7.05 Å². The van der Waals surface area contributed by atoms with Crippen molar-refractivity contribution in [2.24, 2.45) is 12.8 Å². The Morgan fingerprint density at radius 3 is 3.05 bits per heavy atom. The number of aryl methyl sites for hydroxylation is 1. The van der Waals surface area contributed by atoms with E-state index in [9.17, 15) is 4.79 Å². The molecule has 7 heteroatoms. The van der Waals surface area contributed by atoms with Gasteiger partial charge < -0.3 is 15.8 Å². The molecule has 0 saturated carbocycles. The van der Waals surface area contributed by atoms with E-state index in [1.54, 1.807) is 13.2 Å². The largest absolute Gasteiger partial charge is 0.492 e. The third-order valence-corrected chi connectivity index (χ3v) is 3.34. The molecule has 0 aliphatic rings. The fourth-order valence-electron chi connectivity index (χ4n) is 1.59. The summed E-state index contributed by atoms with van der Waals surface area (Å²) in [5.74, 6) is 0.716. The molecule has 1 heterocycles. The molecule has 1 aromatic carbocycles. The van der Waals surface area contributed by atoms with Gasteiger partial charge >= 0.3 is 0 Å². The maximum atomic E-state index is 11.8. The molecule has 0 amide bonds. The Morgan fingerprint density at radius 2 is 2.30 bits per heavy atom. The molecule has 0 aliphatic carbocycles. The number of nitrogens with two attached hydrogens (primary N) is 1. The number of aromatic nitrogens is 2. The van der Waals surface area contributed by atoms with Gasteiger partial charge in [-0.3, -0.25) is 4.79 Å². The highest BCUT2D eigenvalue weighted by Crippen LogP contribution is 2.24. The second-order valence-electron chi connectivity index (χ2n) is 4.09. The van der Waals surface area contributed by atoms with Crippen molar-refractivity contribution in [1.29, 1.82) is 0 Å². The van der Waals surface area contributed by atoms with E-state index >= 15 is 0 Å². The zero-order valence-corrected chi connectivity index (χ0v) is 12.6. The van der Waals surface area contributed by atoms with Crippen LogP contribution in [0.4, 0.5) is 11.4 Å². The van der Waals surface area contributed by atoms with Gasteiger partial charge in [-0.15, -0.1) is 0 Å². The van der Waals surface area contributed by atoms with Crippen molar-refractivity contribution in [1.82, 2.24) is 9.78 Å². The Morgan fingerprint density at radius 1 is 1.50 bits per heavy atom. The minimum absolute atomic E-state index is 0.203. The minimum Gasteiger partial charge on any atom is -0.492 e. The molecule has 0 bridgehead atoms. The molecular weight excluding hydrogens is 324 g/mol. The number of nitrogens with zero attached hydrogens (tertiary/aromatic N) is 2. The molecule has 2 rings (SSSR count). The lowest BCUT2D eigenvalue weighted by atomic mass is 10.3. The number of halogens is 1. The number of hydrogen-bond donors (Lipinski definition) is 2. The second-order valence-corrected chi connectivity index (χ2v) is 4.88. The standard InChI is InChI=1S/C13H15BrN4O2/c1-18-13(19)12(14)11(8-16-18)17-9-3-2-4-10(7-9)20-6-5-15/h2-4,7-8,17H,5-6,15H2,1H3. The van der Waals surface area contributed by atoms with Crippen LogP contribution in [0, 0.1) is 0 Å². The van der Waals surface area contributed by atoms with Gasteiger partial charge in [0.2, 0.25) is 0 Å². The minimum atomic E-state index is -0.203. The van der Waals surface area contributed by atoms with Crippen molar-refractivity contribution in [2.75, 3.05) is 18.5 Å². The summed E-state index contributed by atoms with van der Waals surface area (Å²) < 4.78 is 7.14. The Kier molecular flexibility index (Phi) is 4.75. The smallest absolute Gasteiger partial charge is 0.282 e. The predicted octanol–water partition coefficient (Wildman–Crippen LogP) is 1.62. The molecule has 0 fully saturated rings. The van der Waals surface area contributed by atoms with Crippen molar-refractivity contribution in [2.45, 2.75) is 0 Å². The summed E-state index contributed by atoms with van der Waals surface area (Å²) in [7, 11) is 1.60. The van der Waals surface area contributed by atoms with Gasteiger partial charge in [-0.2, -0.15) is 5.10 Å². The quantitative estimate of drug-likeness (QED) is 0.865. The summed E-state index contributed by atoms with van der Waals surface area (Å²) in [5.41, 5.74) is 6.60. The maximum Gasteiger partial charge on any atom is 0.282 e. The van der Waals surface area contributed by atoms with Crippen LogP contribution in [0.3, 0.4) is 0 Å². The number of benzene rings is 1. The number of rotatable bonds is 5. The van der Waals surface area contributed by atoms with Gasteiger partial charge in [0.15, 0.2) is 0 Å². The molecular formula is C13H15BrN4O2. The van der Waals surface area contributed by atoms with Gasteiger partial charge in [-0.05, 0) is 28.1 Å². The van der Waals surface area contributed by atoms with Crippen LogP contribution in [0.2, 0.25) is 0 Å². The topological polar surface area (TPSA) is 82.2 Å². The fraction of sp³-hybridized carbons (Fsp3) is 0.231. The van der Waals surface area contributed by atoms with Crippen LogP contribution in [0.15, 0.2) is 39.7 Å². The Balaban J connectivity index is 2.22. The van der Waals surface area contributed by atoms with Crippen molar-refractivity contribution in [3.8, 4) is 5.75 Å². The zero-order chi connectivity index (χ0) is 14.5. The van der Waals surface area contributed by atoms with Crippen molar-refractivity contribution in [3.63, 3.8) is 0 Å². The maximum absolute atomic E-state index is 11.8. The molecule has 0 atom stereocenters. The first-order valence-corrected chi connectivity index (χ1v) is 6.83.